The van der Waals surface area contributed by atoms with Gasteiger partial charge in [0.15, 0.2) is 5.82 Å². The van der Waals surface area contributed by atoms with Crippen molar-refractivity contribution < 1.29 is 4.79 Å². The van der Waals surface area contributed by atoms with Crippen LogP contribution in [-0.4, -0.2) is 76.2 Å². The summed E-state index contributed by atoms with van der Waals surface area (Å²) in [4.78, 5) is 36.8. The molecule has 1 N–H and O–H groups in total. The Labute approximate surface area is 164 Å². The van der Waals surface area contributed by atoms with Gasteiger partial charge in [-0.15, -0.1) is 0 Å². The van der Waals surface area contributed by atoms with Crippen LogP contribution in [0.5, 0.6) is 0 Å². The molecule has 148 valence electrons. The van der Waals surface area contributed by atoms with Gasteiger partial charge in [0.25, 0.3) is 0 Å². The molecular formula is C19H26N8O. The summed E-state index contributed by atoms with van der Waals surface area (Å²) in [5, 5.41) is 3.41. The number of urea groups is 1. The third-order valence-corrected chi connectivity index (χ3v) is 5.31. The van der Waals surface area contributed by atoms with Crippen LogP contribution < -0.4 is 15.1 Å². The van der Waals surface area contributed by atoms with Gasteiger partial charge in [-0.3, -0.25) is 9.88 Å². The van der Waals surface area contributed by atoms with E-state index in [1.165, 1.54) is 0 Å². The lowest BCUT2D eigenvalue weighted by Crippen LogP contribution is -2.58. The van der Waals surface area contributed by atoms with E-state index < -0.39 is 0 Å². The lowest BCUT2D eigenvalue weighted by atomic mass is 10.1. The molecule has 0 saturated carbocycles. The number of hydrogen-bond donors (Lipinski definition) is 1. The standard InChI is InChI=1S/C19H26N8O/c1-15-17(22-9-8-21-15)27(16-4-2-5-20-14-16)19(28)26-12-10-25(11-13-26)18-23-6-3-7-24-18/h3,6-9,16,20H,2,4-5,10-14H2,1H3/t16-/m1/s1. The summed E-state index contributed by atoms with van der Waals surface area (Å²) in [7, 11) is 0. The third kappa shape index (κ3) is 3.89. The van der Waals surface area contributed by atoms with Gasteiger partial charge in [-0.25, -0.2) is 19.7 Å². The van der Waals surface area contributed by atoms with E-state index in [0.29, 0.717) is 37.9 Å². The highest BCUT2D eigenvalue weighted by Crippen LogP contribution is 2.23. The molecule has 2 amide bonds. The summed E-state index contributed by atoms with van der Waals surface area (Å²) in [5.74, 6) is 1.38. The lowest BCUT2D eigenvalue weighted by Gasteiger charge is -2.40. The summed E-state index contributed by atoms with van der Waals surface area (Å²) in [6.45, 7) is 6.37. The summed E-state index contributed by atoms with van der Waals surface area (Å²) in [6, 6.07) is 1.90. The molecule has 4 rings (SSSR count). The average molecular weight is 382 g/mol. The topological polar surface area (TPSA) is 90.4 Å². The fourth-order valence-corrected chi connectivity index (χ4v) is 3.81. The molecule has 0 radical (unpaired) electrons. The van der Waals surface area contributed by atoms with Gasteiger partial charge in [-0.1, -0.05) is 0 Å². The number of amides is 2. The van der Waals surface area contributed by atoms with E-state index >= 15 is 0 Å². The van der Waals surface area contributed by atoms with Crippen molar-refractivity contribution >= 4 is 17.8 Å². The summed E-state index contributed by atoms with van der Waals surface area (Å²) in [6.07, 6.45) is 8.82. The van der Waals surface area contributed by atoms with Crippen LogP contribution in [0, 0.1) is 6.92 Å². The smallest absolute Gasteiger partial charge is 0.326 e. The molecule has 2 aliphatic heterocycles. The van der Waals surface area contributed by atoms with Crippen molar-refractivity contribution in [3.63, 3.8) is 0 Å². The molecule has 4 heterocycles. The maximum atomic E-state index is 13.5. The van der Waals surface area contributed by atoms with E-state index in [2.05, 4.69) is 30.2 Å². The number of hydrogen-bond acceptors (Lipinski definition) is 7. The lowest BCUT2D eigenvalue weighted by molar-refractivity contribution is 0.196. The first-order chi connectivity index (χ1) is 13.7. The van der Waals surface area contributed by atoms with E-state index in [1.54, 1.807) is 24.8 Å². The zero-order chi connectivity index (χ0) is 19.3. The summed E-state index contributed by atoms with van der Waals surface area (Å²) < 4.78 is 0. The van der Waals surface area contributed by atoms with Gasteiger partial charge in [-0.2, -0.15) is 0 Å². The van der Waals surface area contributed by atoms with Crippen LogP contribution in [-0.2, 0) is 0 Å². The zero-order valence-corrected chi connectivity index (χ0v) is 16.2. The number of aryl methyl sites for hydroxylation is 1. The minimum absolute atomic E-state index is 0.00549. The van der Waals surface area contributed by atoms with Crippen molar-refractivity contribution in [1.29, 1.82) is 0 Å². The fraction of sp³-hybridized carbons (Fsp3) is 0.526. The Morgan fingerprint density at radius 3 is 2.50 bits per heavy atom. The molecule has 2 aliphatic rings. The van der Waals surface area contributed by atoms with Crippen molar-refractivity contribution in [3.05, 3.63) is 36.5 Å². The number of anilines is 2. The number of carbonyl (C=O) groups is 1. The monoisotopic (exact) mass is 382 g/mol. The van der Waals surface area contributed by atoms with Crippen LogP contribution in [0.4, 0.5) is 16.6 Å². The SMILES string of the molecule is Cc1nccnc1N(C(=O)N1CCN(c2ncccn2)CC1)[C@@H]1CCCNC1. The first-order valence-corrected chi connectivity index (χ1v) is 9.82. The molecule has 0 unspecified atom stereocenters. The molecule has 0 bridgehead atoms. The van der Waals surface area contributed by atoms with E-state index in [9.17, 15) is 4.79 Å². The normalized spacial score (nSPS) is 20.1. The van der Waals surface area contributed by atoms with Crippen molar-refractivity contribution in [2.45, 2.75) is 25.8 Å². The van der Waals surface area contributed by atoms with Crippen LogP contribution >= 0.6 is 0 Å². The Balaban J connectivity index is 1.50. The van der Waals surface area contributed by atoms with Gasteiger partial charge in [-0.05, 0) is 32.4 Å². The largest absolute Gasteiger partial charge is 0.337 e. The van der Waals surface area contributed by atoms with Crippen molar-refractivity contribution in [1.82, 2.24) is 30.2 Å². The molecule has 1 atom stereocenters. The van der Waals surface area contributed by atoms with Gasteiger partial charge in [0.05, 0.1) is 11.7 Å². The zero-order valence-electron chi connectivity index (χ0n) is 16.2. The minimum atomic E-state index is 0.00549. The molecule has 2 aromatic rings. The molecule has 0 spiro atoms. The van der Waals surface area contributed by atoms with E-state index in [-0.39, 0.29) is 12.1 Å². The number of nitrogens with one attached hydrogen (secondary N) is 1. The quantitative estimate of drug-likeness (QED) is 0.849. The van der Waals surface area contributed by atoms with Gasteiger partial charge < -0.3 is 15.1 Å². The molecule has 0 aliphatic carbocycles. The number of piperidine rings is 1. The second-order valence-electron chi connectivity index (χ2n) is 7.14. The van der Waals surface area contributed by atoms with E-state index in [4.69, 9.17) is 0 Å². The summed E-state index contributed by atoms with van der Waals surface area (Å²) >= 11 is 0. The maximum Gasteiger partial charge on any atom is 0.326 e. The number of rotatable bonds is 3. The Morgan fingerprint density at radius 2 is 1.82 bits per heavy atom. The van der Waals surface area contributed by atoms with Crippen molar-refractivity contribution in [2.24, 2.45) is 0 Å². The Hall–Kier alpha value is -2.81. The average Bonchev–Trinajstić information content (AvgIpc) is 2.77. The highest BCUT2D eigenvalue weighted by atomic mass is 16.2. The molecule has 2 fully saturated rings. The predicted molar refractivity (Wildman–Crippen MR) is 106 cm³/mol. The van der Waals surface area contributed by atoms with Crippen LogP contribution in [0.2, 0.25) is 0 Å². The second-order valence-corrected chi connectivity index (χ2v) is 7.14. The fourth-order valence-electron chi connectivity index (χ4n) is 3.81. The van der Waals surface area contributed by atoms with Gasteiger partial charge >= 0.3 is 6.03 Å². The van der Waals surface area contributed by atoms with E-state index in [0.717, 1.165) is 31.6 Å². The van der Waals surface area contributed by atoms with Crippen LogP contribution in [0.25, 0.3) is 0 Å². The minimum Gasteiger partial charge on any atom is -0.337 e. The Bertz CT molecular complexity index is 788. The molecule has 9 heteroatoms. The molecule has 28 heavy (non-hydrogen) atoms. The van der Waals surface area contributed by atoms with Crippen LogP contribution in [0.15, 0.2) is 30.9 Å². The molecule has 2 saturated heterocycles. The Kier molecular flexibility index (Phi) is 5.61. The number of piperazine rings is 1. The van der Waals surface area contributed by atoms with Crippen molar-refractivity contribution in [2.75, 3.05) is 49.1 Å². The number of carbonyl (C=O) groups excluding carboxylic acids is 1. The predicted octanol–water partition coefficient (Wildman–Crippen LogP) is 1.08. The third-order valence-electron chi connectivity index (χ3n) is 5.31. The van der Waals surface area contributed by atoms with Crippen molar-refractivity contribution in [3.8, 4) is 0 Å². The van der Waals surface area contributed by atoms with Gasteiger partial charge in [0, 0.05) is 57.5 Å². The van der Waals surface area contributed by atoms with Gasteiger partial charge in [0.2, 0.25) is 5.95 Å². The molecule has 9 nitrogen and oxygen atoms in total. The highest BCUT2D eigenvalue weighted by Gasteiger charge is 2.34. The van der Waals surface area contributed by atoms with Crippen LogP contribution in [0.1, 0.15) is 18.5 Å². The molecule has 2 aromatic heterocycles. The summed E-state index contributed by atoms with van der Waals surface area (Å²) in [5.41, 5.74) is 0.776. The molecular weight excluding hydrogens is 356 g/mol. The first-order valence-electron chi connectivity index (χ1n) is 9.82. The second kappa shape index (κ2) is 8.47. The first kappa shape index (κ1) is 18.5. The molecule has 0 aromatic carbocycles. The van der Waals surface area contributed by atoms with E-state index in [1.807, 2.05) is 22.8 Å². The maximum absolute atomic E-state index is 13.5. The number of aromatic nitrogens is 4. The number of nitrogens with zero attached hydrogens (tertiary/aromatic N) is 7. The van der Waals surface area contributed by atoms with Crippen LogP contribution in [0.3, 0.4) is 0 Å². The highest BCUT2D eigenvalue weighted by molar-refractivity contribution is 5.92. The van der Waals surface area contributed by atoms with Gasteiger partial charge in [0.1, 0.15) is 0 Å². The Morgan fingerprint density at radius 1 is 1.07 bits per heavy atom.